The van der Waals surface area contributed by atoms with E-state index < -0.39 is 54.5 Å². The fraction of sp³-hybridized carbons (Fsp3) is 0.429. The number of halogens is 6. The molecule has 14 heteroatoms. The molecule has 3 rings (SSSR count). The van der Waals surface area contributed by atoms with Crippen molar-refractivity contribution in [3.8, 4) is 17.6 Å². The van der Waals surface area contributed by atoms with Crippen LogP contribution in [0.2, 0.25) is 0 Å². The van der Waals surface area contributed by atoms with Gasteiger partial charge in [-0.2, -0.15) is 31.6 Å². The van der Waals surface area contributed by atoms with Crippen molar-refractivity contribution in [2.24, 2.45) is 5.41 Å². The van der Waals surface area contributed by atoms with Crippen molar-refractivity contribution in [3.63, 3.8) is 0 Å². The van der Waals surface area contributed by atoms with Crippen molar-refractivity contribution in [2.75, 3.05) is 20.3 Å². The van der Waals surface area contributed by atoms with E-state index in [9.17, 15) is 41.2 Å². The number of aromatic nitrogens is 1. The third-order valence-corrected chi connectivity index (χ3v) is 6.67. The molecule has 1 atom stereocenters. The molecule has 0 fully saturated rings. The van der Waals surface area contributed by atoms with Gasteiger partial charge in [0.15, 0.2) is 5.54 Å². The molecule has 2 amide bonds. The summed E-state index contributed by atoms with van der Waals surface area (Å²) in [6, 6.07) is 9.16. The third kappa shape index (κ3) is 7.32. The second-order valence-corrected chi connectivity index (χ2v) is 10.1. The monoisotopic (exact) mass is 598 g/mol. The van der Waals surface area contributed by atoms with Crippen LogP contribution in [0.3, 0.4) is 0 Å². The van der Waals surface area contributed by atoms with E-state index in [-0.39, 0.29) is 41.2 Å². The number of rotatable bonds is 10. The first kappa shape index (κ1) is 32.2. The fourth-order valence-corrected chi connectivity index (χ4v) is 4.18. The number of methoxy groups -OCH3 is 1. The lowest BCUT2D eigenvalue weighted by atomic mass is 9.77. The average molecular weight is 599 g/mol. The van der Waals surface area contributed by atoms with Gasteiger partial charge < -0.3 is 20.1 Å². The zero-order valence-electron chi connectivity index (χ0n) is 22.9. The van der Waals surface area contributed by atoms with Crippen LogP contribution in [0, 0.1) is 16.7 Å². The quantitative estimate of drug-likeness (QED) is 0.287. The molecule has 0 saturated carbocycles. The molecule has 1 aliphatic heterocycles. The average Bonchev–Trinajstić information content (AvgIpc) is 2.93. The molecule has 1 aliphatic rings. The Kier molecular flexibility index (Phi) is 9.44. The molecule has 0 radical (unpaired) electrons. The molecular formula is C28H28F6N4O4. The number of amides is 2. The van der Waals surface area contributed by atoms with Gasteiger partial charge in [-0.25, -0.2) is 0 Å². The Bertz CT molecular complexity index is 1360. The number of hydrogen-bond donors (Lipinski definition) is 2. The third-order valence-electron chi connectivity index (χ3n) is 6.67. The van der Waals surface area contributed by atoms with Gasteiger partial charge >= 0.3 is 12.4 Å². The van der Waals surface area contributed by atoms with Gasteiger partial charge in [0.2, 0.25) is 11.8 Å². The predicted molar refractivity (Wildman–Crippen MR) is 138 cm³/mol. The Morgan fingerprint density at radius 1 is 1.10 bits per heavy atom. The number of nitrogens with one attached hydrogen (secondary N) is 2. The van der Waals surface area contributed by atoms with E-state index in [4.69, 9.17) is 9.47 Å². The van der Waals surface area contributed by atoms with Crippen molar-refractivity contribution in [1.29, 1.82) is 5.26 Å². The molecule has 226 valence electrons. The number of ether oxygens (including phenoxy) is 2. The van der Waals surface area contributed by atoms with Crippen molar-refractivity contribution in [1.82, 2.24) is 15.6 Å². The molecule has 0 saturated heterocycles. The van der Waals surface area contributed by atoms with Crippen molar-refractivity contribution >= 4 is 17.4 Å². The van der Waals surface area contributed by atoms with Gasteiger partial charge in [-0.15, -0.1) is 0 Å². The molecule has 1 aromatic heterocycles. The van der Waals surface area contributed by atoms with Crippen LogP contribution in [0.4, 0.5) is 26.3 Å². The van der Waals surface area contributed by atoms with E-state index in [0.717, 1.165) is 12.1 Å². The number of benzene rings is 1. The summed E-state index contributed by atoms with van der Waals surface area (Å²) in [4.78, 5) is 30.0. The molecule has 1 aromatic carbocycles. The highest BCUT2D eigenvalue weighted by Crippen LogP contribution is 2.48. The number of carbonyl (C=O) groups excluding carboxylic acids is 2. The fourth-order valence-electron chi connectivity index (χ4n) is 4.18. The van der Waals surface area contributed by atoms with E-state index in [1.54, 1.807) is 0 Å². The summed E-state index contributed by atoms with van der Waals surface area (Å²) >= 11 is 0. The SMILES string of the molecule is COc1ccc(C2=C(CNC(=O)C(C)(C)C#N)C(=O)N[C@@](c3ccc(OCCCC(F)(F)F)cc3)(C(F)(F)F)C2)nc1. The highest BCUT2D eigenvalue weighted by atomic mass is 19.4. The van der Waals surface area contributed by atoms with E-state index >= 15 is 0 Å². The highest BCUT2D eigenvalue weighted by Gasteiger charge is 2.59. The number of carbonyl (C=O) groups is 2. The first-order valence-electron chi connectivity index (χ1n) is 12.6. The van der Waals surface area contributed by atoms with Crippen LogP contribution in [0.5, 0.6) is 11.5 Å². The van der Waals surface area contributed by atoms with Gasteiger partial charge in [0.25, 0.3) is 0 Å². The maximum absolute atomic E-state index is 14.8. The molecule has 8 nitrogen and oxygen atoms in total. The van der Waals surface area contributed by atoms with Gasteiger partial charge in [-0.05, 0) is 55.7 Å². The lowest BCUT2D eigenvalue weighted by Gasteiger charge is -2.41. The largest absolute Gasteiger partial charge is 0.495 e. The summed E-state index contributed by atoms with van der Waals surface area (Å²) in [5.74, 6) is -1.48. The van der Waals surface area contributed by atoms with Gasteiger partial charge in [-0.1, -0.05) is 12.1 Å². The topological polar surface area (TPSA) is 113 Å². The standard InChI is InChI=1S/C28H28F6N4O4/c1-25(2,16-35)24(40)37-15-21-20(22-10-9-19(41-3)14-36-22)13-26(28(32,33)34,38-23(21)39)17-5-7-18(8-6-17)42-12-4-11-27(29,30)31/h5-10,14H,4,11-13,15H2,1-3H3,(H,37,40)(H,38,39)/t26-/m0/s1. The molecule has 2 N–H and O–H groups in total. The first-order valence-corrected chi connectivity index (χ1v) is 12.6. The van der Waals surface area contributed by atoms with Gasteiger partial charge in [0.05, 0.1) is 31.7 Å². The summed E-state index contributed by atoms with van der Waals surface area (Å²) in [6.45, 7) is 1.93. The van der Waals surface area contributed by atoms with E-state index in [2.05, 4.69) is 15.6 Å². The summed E-state index contributed by atoms with van der Waals surface area (Å²) in [5, 5.41) is 13.7. The number of nitriles is 1. The zero-order valence-corrected chi connectivity index (χ0v) is 22.9. The van der Waals surface area contributed by atoms with Crippen molar-refractivity contribution in [3.05, 3.63) is 59.4 Å². The number of pyridine rings is 1. The Morgan fingerprint density at radius 3 is 2.26 bits per heavy atom. The van der Waals surface area contributed by atoms with Crippen LogP contribution in [0.15, 0.2) is 48.2 Å². The minimum atomic E-state index is -5.02. The van der Waals surface area contributed by atoms with E-state index in [1.165, 1.54) is 51.4 Å². The highest BCUT2D eigenvalue weighted by molar-refractivity contribution is 6.04. The number of alkyl halides is 6. The summed E-state index contributed by atoms with van der Waals surface area (Å²) in [6.07, 6.45) is -10.3. The zero-order chi connectivity index (χ0) is 31.3. The Morgan fingerprint density at radius 2 is 1.74 bits per heavy atom. The number of nitrogens with zero attached hydrogens (tertiary/aromatic N) is 2. The van der Waals surface area contributed by atoms with Crippen LogP contribution in [0.25, 0.3) is 5.57 Å². The number of hydrogen-bond acceptors (Lipinski definition) is 6. The first-order chi connectivity index (χ1) is 19.5. The van der Waals surface area contributed by atoms with Crippen LogP contribution in [0.1, 0.15) is 44.4 Å². The Labute approximate surface area is 237 Å². The van der Waals surface area contributed by atoms with Crippen molar-refractivity contribution < 1.29 is 45.4 Å². The Balaban J connectivity index is 2.00. The second-order valence-electron chi connectivity index (χ2n) is 10.1. The molecule has 0 aliphatic carbocycles. The molecule has 2 heterocycles. The van der Waals surface area contributed by atoms with Crippen LogP contribution in [-0.2, 0) is 15.1 Å². The van der Waals surface area contributed by atoms with Crippen LogP contribution >= 0.6 is 0 Å². The molecule has 2 aromatic rings. The maximum atomic E-state index is 14.8. The lowest BCUT2D eigenvalue weighted by molar-refractivity contribution is -0.201. The van der Waals surface area contributed by atoms with E-state index in [1.807, 2.05) is 6.07 Å². The summed E-state index contributed by atoms with van der Waals surface area (Å²) < 4.78 is 91.9. The second kappa shape index (κ2) is 12.3. The molecular weight excluding hydrogens is 570 g/mol. The molecule has 42 heavy (non-hydrogen) atoms. The summed E-state index contributed by atoms with van der Waals surface area (Å²) in [7, 11) is 1.38. The minimum absolute atomic E-state index is 0.0349. The Hall–Kier alpha value is -4.28. The van der Waals surface area contributed by atoms with Crippen LogP contribution < -0.4 is 20.1 Å². The maximum Gasteiger partial charge on any atom is 0.416 e. The van der Waals surface area contributed by atoms with Crippen molar-refractivity contribution in [2.45, 2.75) is 51.0 Å². The molecule has 0 bridgehead atoms. The summed E-state index contributed by atoms with van der Waals surface area (Å²) in [5.41, 5.74) is -4.98. The van der Waals surface area contributed by atoms with Crippen LogP contribution in [-0.4, -0.2) is 49.4 Å². The molecule has 0 spiro atoms. The predicted octanol–water partition coefficient (Wildman–Crippen LogP) is 5.21. The van der Waals surface area contributed by atoms with Gasteiger partial charge in [0.1, 0.15) is 16.9 Å². The van der Waals surface area contributed by atoms with E-state index in [0.29, 0.717) is 5.75 Å². The molecule has 0 unspecified atom stereocenters. The smallest absolute Gasteiger partial charge is 0.416 e. The minimum Gasteiger partial charge on any atom is -0.495 e. The normalized spacial score (nSPS) is 17.8. The lowest BCUT2D eigenvalue weighted by Crippen LogP contribution is -2.59. The van der Waals surface area contributed by atoms with Gasteiger partial charge in [-0.3, -0.25) is 14.6 Å². The van der Waals surface area contributed by atoms with Gasteiger partial charge in [0, 0.05) is 25.0 Å².